The molecule has 2 heteroatoms. The van der Waals surface area contributed by atoms with Crippen LogP contribution in [0.25, 0.3) is 10.8 Å². The molecule has 2 nitrogen and oxygen atoms in total. The van der Waals surface area contributed by atoms with Crippen LogP contribution in [-0.2, 0) is 6.42 Å². The summed E-state index contributed by atoms with van der Waals surface area (Å²) in [6.07, 6.45) is 3.13. The Morgan fingerprint density at radius 3 is 2.72 bits per heavy atom. The Morgan fingerprint density at radius 2 is 1.94 bits per heavy atom. The zero-order valence-corrected chi connectivity index (χ0v) is 10.5. The molecule has 18 heavy (non-hydrogen) atoms. The molecular weight excluding hydrogens is 222 g/mol. The van der Waals surface area contributed by atoms with Gasteiger partial charge in [0.25, 0.3) is 0 Å². The first-order valence-corrected chi connectivity index (χ1v) is 6.66. The number of rotatable bonds is 3. The maximum Gasteiger partial charge on any atom is 0.0616 e. The van der Waals surface area contributed by atoms with E-state index in [2.05, 4.69) is 47.8 Å². The molecule has 0 bridgehead atoms. The normalized spacial score (nSPS) is 23.6. The number of aliphatic hydroxyl groups excluding tert-OH is 1. The fourth-order valence-electron chi connectivity index (χ4n) is 3.02. The number of nitrogens with one attached hydrogen (secondary N) is 1. The summed E-state index contributed by atoms with van der Waals surface area (Å²) in [7, 11) is 0. The minimum Gasteiger partial charge on any atom is -0.394 e. The zero-order chi connectivity index (χ0) is 12.4. The summed E-state index contributed by atoms with van der Waals surface area (Å²) >= 11 is 0. The van der Waals surface area contributed by atoms with Gasteiger partial charge < -0.3 is 10.4 Å². The van der Waals surface area contributed by atoms with Crippen LogP contribution < -0.4 is 5.32 Å². The van der Waals surface area contributed by atoms with Crippen molar-refractivity contribution >= 4 is 10.8 Å². The average molecular weight is 241 g/mol. The van der Waals surface area contributed by atoms with Gasteiger partial charge in [0.1, 0.15) is 0 Å². The highest BCUT2D eigenvalue weighted by atomic mass is 16.3. The van der Waals surface area contributed by atoms with Crippen molar-refractivity contribution in [3.63, 3.8) is 0 Å². The van der Waals surface area contributed by atoms with Crippen LogP contribution in [0.15, 0.2) is 42.5 Å². The maximum atomic E-state index is 9.69. The van der Waals surface area contributed by atoms with E-state index in [9.17, 15) is 5.11 Å². The Bertz CT molecular complexity index is 538. The monoisotopic (exact) mass is 241 g/mol. The minimum atomic E-state index is -0.107. The summed E-state index contributed by atoms with van der Waals surface area (Å²) in [5.41, 5.74) is 1.22. The van der Waals surface area contributed by atoms with Crippen LogP contribution in [0.4, 0.5) is 0 Å². The van der Waals surface area contributed by atoms with E-state index < -0.39 is 0 Å². The van der Waals surface area contributed by atoms with Crippen LogP contribution in [0.5, 0.6) is 0 Å². The first-order valence-electron chi connectivity index (χ1n) is 6.66. The van der Waals surface area contributed by atoms with Gasteiger partial charge in [0, 0.05) is 5.54 Å². The highest BCUT2D eigenvalue weighted by molar-refractivity contribution is 5.85. The van der Waals surface area contributed by atoms with Crippen LogP contribution in [0.1, 0.15) is 18.4 Å². The molecule has 1 heterocycles. The molecule has 0 amide bonds. The highest BCUT2D eigenvalue weighted by Gasteiger charge is 2.33. The van der Waals surface area contributed by atoms with Gasteiger partial charge in [-0.3, -0.25) is 0 Å². The number of fused-ring (bicyclic) bond motifs is 1. The number of hydrogen-bond donors (Lipinski definition) is 2. The van der Waals surface area contributed by atoms with Crippen molar-refractivity contribution in [3.05, 3.63) is 48.0 Å². The predicted molar refractivity (Wildman–Crippen MR) is 74.7 cm³/mol. The lowest BCUT2D eigenvalue weighted by molar-refractivity contribution is 0.177. The molecule has 2 aromatic rings. The second kappa shape index (κ2) is 4.71. The molecule has 1 atom stereocenters. The molecule has 94 valence electrons. The Morgan fingerprint density at radius 1 is 1.11 bits per heavy atom. The molecule has 2 aromatic carbocycles. The van der Waals surface area contributed by atoms with E-state index in [-0.39, 0.29) is 12.1 Å². The topological polar surface area (TPSA) is 32.3 Å². The quantitative estimate of drug-likeness (QED) is 0.865. The van der Waals surface area contributed by atoms with Crippen molar-refractivity contribution in [2.75, 3.05) is 13.2 Å². The van der Waals surface area contributed by atoms with Gasteiger partial charge in [-0.1, -0.05) is 42.5 Å². The second-order valence-electron chi connectivity index (χ2n) is 5.28. The molecule has 1 aliphatic heterocycles. The number of hydrogen-bond acceptors (Lipinski definition) is 2. The molecule has 1 saturated heterocycles. The van der Waals surface area contributed by atoms with E-state index in [1.54, 1.807) is 0 Å². The Balaban J connectivity index is 1.99. The molecular formula is C16H19NO. The summed E-state index contributed by atoms with van der Waals surface area (Å²) < 4.78 is 0. The van der Waals surface area contributed by atoms with Gasteiger partial charge in [0.2, 0.25) is 0 Å². The van der Waals surface area contributed by atoms with Gasteiger partial charge in [0.15, 0.2) is 0 Å². The van der Waals surface area contributed by atoms with Gasteiger partial charge >= 0.3 is 0 Å². The molecule has 1 aliphatic rings. The third-order valence-corrected chi connectivity index (χ3v) is 4.04. The Hall–Kier alpha value is -1.38. The van der Waals surface area contributed by atoms with Crippen LogP contribution in [0, 0.1) is 0 Å². The third kappa shape index (κ3) is 2.02. The van der Waals surface area contributed by atoms with Crippen LogP contribution in [0.2, 0.25) is 0 Å². The smallest absolute Gasteiger partial charge is 0.0616 e. The average Bonchev–Trinajstić information content (AvgIpc) is 2.88. The van der Waals surface area contributed by atoms with Crippen molar-refractivity contribution in [2.24, 2.45) is 0 Å². The first-order chi connectivity index (χ1) is 8.83. The first kappa shape index (κ1) is 11.7. The van der Waals surface area contributed by atoms with Crippen molar-refractivity contribution in [1.29, 1.82) is 0 Å². The molecule has 0 saturated carbocycles. The number of aliphatic hydroxyl groups is 1. The fourth-order valence-corrected chi connectivity index (χ4v) is 3.02. The Labute approximate surface area is 108 Å². The van der Waals surface area contributed by atoms with Gasteiger partial charge in [-0.15, -0.1) is 0 Å². The fraction of sp³-hybridized carbons (Fsp3) is 0.375. The summed E-state index contributed by atoms with van der Waals surface area (Å²) in [6.45, 7) is 1.24. The summed E-state index contributed by atoms with van der Waals surface area (Å²) in [6, 6.07) is 14.9. The Kier molecular flexibility index (Phi) is 3.06. The van der Waals surface area contributed by atoms with Gasteiger partial charge in [-0.25, -0.2) is 0 Å². The molecule has 2 N–H and O–H groups in total. The van der Waals surface area contributed by atoms with Gasteiger partial charge in [0.05, 0.1) is 6.61 Å². The SMILES string of the molecule is OCC1(Cc2cccc3ccccc23)CCCN1. The lowest BCUT2D eigenvalue weighted by Gasteiger charge is -2.27. The van der Waals surface area contributed by atoms with Crippen LogP contribution in [0.3, 0.4) is 0 Å². The zero-order valence-electron chi connectivity index (χ0n) is 10.5. The van der Waals surface area contributed by atoms with E-state index in [0.717, 1.165) is 25.8 Å². The summed E-state index contributed by atoms with van der Waals surface area (Å²) in [5, 5.41) is 15.8. The molecule has 1 fully saturated rings. The summed E-state index contributed by atoms with van der Waals surface area (Å²) in [4.78, 5) is 0. The molecule has 0 radical (unpaired) electrons. The minimum absolute atomic E-state index is 0.107. The molecule has 1 unspecified atom stereocenters. The van der Waals surface area contributed by atoms with Crippen molar-refractivity contribution in [1.82, 2.24) is 5.32 Å². The third-order valence-electron chi connectivity index (χ3n) is 4.04. The van der Waals surface area contributed by atoms with E-state index in [1.807, 2.05) is 0 Å². The molecule has 3 rings (SSSR count). The lowest BCUT2D eigenvalue weighted by Crippen LogP contribution is -2.45. The maximum absolute atomic E-state index is 9.69. The van der Waals surface area contributed by atoms with Crippen molar-refractivity contribution < 1.29 is 5.11 Å². The van der Waals surface area contributed by atoms with Crippen LogP contribution in [-0.4, -0.2) is 23.8 Å². The van der Waals surface area contributed by atoms with E-state index in [4.69, 9.17) is 0 Å². The lowest BCUT2D eigenvalue weighted by atomic mass is 9.88. The van der Waals surface area contributed by atoms with E-state index >= 15 is 0 Å². The molecule has 0 spiro atoms. The van der Waals surface area contributed by atoms with Crippen LogP contribution >= 0.6 is 0 Å². The van der Waals surface area contributed by atoms with Crippen molar-refractivity contribution in [2.45, 2.75) is 24.8 Å². The largest absolute Gasteiger partial charge is 0.394 e. The van der Waals surface area contributed by atoms with Gasteiger partial charge in [-0.2, -0.15) is 0 Å². The molecule has 0 aromatic heterocycles. The van der Waals surface area contributed by atoms with Gasteiger partial charge in [-0.05, 0) is 42.1 Å². The van der Waals surface area contributed by atoms with E-state index in [1.165, 1.54) is 16.3 Å². The van der Waals surface area contributed by atoms with E-state index in [0.29, 0.717) is 0 Å². The predicted octanol–water partition coefficient (Wildman–Crippen LogP) is 2.50. The molecule has 0 aliphatic carbocycles. The highest BCUT2D eigenvalue weighted by Crippen LogP contribution is 2.27. The standard InChI is InChI=1S/C16H19NO/c18-12-16(9-4-10-17-16)11-14-7-3-6-13-5-1-2-8-15(13)14/h1-3,5-8,17-18H,4,9-12H2. The second-order valence-corrected chi connectivity index (χ2v) is 5.28. The summed E-state index contributed by atoms with van der Waals surface area (Å²) in [5.74, 6) is 0. The van der Waals surface area contributed by atoms with Crippen molar-refractivity contribution in [3.8, 4) is 0 Å². The number of benzene rings is 2.